The first-order chi connectivity index (χ1) is 9.43. The summed E-state index contributed by atoms with van der Waals surface area (Å²) in [7, 11) is 1.86. The van der Waals surface area contributed by atoms with Crippen molar-refractivity contribution in [3.8, 4) is 0 Å². The third-order valence-electron chi connectivity index (χ3n) is 4.06. The number of para-hydroxylation sites is 1. The summed E-state index contributed by atoms with van der Waals surface area (Å²) in [6.45, 7) is 0.995. The van der Waals surface area contributed by atoms with Crippen molar-refractivity contribution >= 4 is 21.1 Å². The third-order valence-corrected chi connectivity index (χ3v) is 5.95. The molecule has 108 valence electrons. The summed E-state index contributed by atoms with van der Waals surface area (Å²) in [5.74, 6) is 0. The lowest BCUT2D eigenvalue weighted by Crippen LogP contribution is -2.42. The van der Waals surface area contributed by atoms with Crippen LogP contribution in [0, 0.1) is 0 Å². The second kappa shape index (κ2) is 4.58. The lowest BCUT2D eigenvalue weighted by Gasteiger charge is -2.29. The van der Waals surface area contributed by atoms with Gasteiger partial charge in [0.25, 0.3) is 10.2 Å². The van der Waals surface area contributed by atoms with Gasteiger partial charge < -0.3 is 4.57 Å². The fraction of sp³-hybridized carbons (Fsp3) is 0.429. The first-order valence-electron chi connectivity index (χ1n) is 6.65. The van der Waals surface area contributed by atoms with E-state index in [0.717, 1.165) is 17.4 Å². The Balaban J connectivity index is 2.10. The SMILES string of the molecule is CN(C)S(=O)(=O)N1CCc2c(c3ccccc3n2C)C1. The Kier molecular flexibility index (Phi) is 3.12. The Labute approximate surface area is 119 Å². The largest absolute Gasteiger partial charge is 0.347 e. The summed E-state index contributed by atoms with van der Waals surface area (Å²) in [4.78, 5) is 0. The van der Waals surface area contributed by atoms with Crippen molar-refractivity contribution in [2.24, 2.45) is 7.05 Å². The van der Waals surface area contributed by atoms with Gasteiger partial charge in [0.05, 0.1) is 0 Å². The molecule has 0 saturated carbocycles. The second-order valence-corrected chi connectivity index (χ2v) is 7.52. The highest BCUT2D eigenvalue weighted by Crippen LogP contribution is 2.31. The van der Waals surface area contributed by atoms with E-state index in [1.165, 1.54) is 15.5 Å². The van der Waals surface area contributed by atoms with Crippen molar-refractivity contribution in [1.82, 2.24) is 13.2 Å². The van der Waals surface area contributed by atoms with Crippen molar-refractivity contribution in [3.63, 3.8) is 0 Å². The summed E-state index contributed by atoms with van der Waals surface area (Å²) < 4.78 is 29.6. The minimum Gasteiger partial charge on any atom is -0.347 e. The lowest BCUT2D eigenvalue weighted by molar-refractivity contribution is 0.356. The maximum Gasteiger partial charge on any atom is 0.281 e. The molecule has 0 N–H and O–H groups in total. The molecule has 0 spiro atoms. The third kappa shape index (κ3) is 1.87. The van der Waals surface area contributed by atoms with E-state index in [2.05, 4.69) is 23.7 Å². The van der Waals surface area contributed by atoms with Crippen LogP contribution in [0.25, 0.3) is 10.9 Å². The number of hydrogen-bond acceptors (Lipinski definition) is 2. The number of fused-ring (bicyclic) bond motifs is 3. The first kappa shape index (κ1) is 13.6. The molecule has 0 fully saturated rings. The maximum atomic E-state index is 12.3. The van der Waals surface area contributed by atoms with Gasteiger partial charge in [-0.05, 0) is 11.6 Å². The Morgan fingerprint density at radius 2 is 1.90 bits per heavy atom. The topological polar surface area (TPSA) is 45.6 Å². The fourth-order valence-electron chi connectivity index (χ4n) is 2.93. The number of rotatable bonds is 2. The van der Waals surface area contributed by atoms with E-state index in [9.17, 15) is 8.42 Å². The van der Waals surface area contributed by atoms with E-state index in [-0.39, 0.29) is 0 Å². The predicted molar refractivity (Wildman–Crippen MR) is 79.6 cm³/mol. The molecule has 3 rings (SSSR count). The van der Waals surface area contributed by atoms with E-state index < -0.39 is 10.2 Å². The highest BCUT2D eigenvalue weighted by molar-refractivity contribution is 7.86. The summed E-state index contributed by atoms with van der Waals surface area (Å²) in [5.41, 5.74) is 3.55. The maximum absolute atomic E-state index is 12.3. The van der Waals surface area contributed by atoms with Crippen LogP contribution >= 0.6 is 0 Å². The molecule has 0 atom stereocenters. The molecule has 0 saturated heterocycles. The minimum absolute atomic E-state index is 0.456. The van der Waals surface area contributed by atoms with E-state index >= 15 is 0 Å². The van der Waals surface area contributed by atoms with Crippen LogP contribution in [-0.4, -0.2) is 42.2 Å². The molecule has 5 nitrogen and oxygen atoms in total. The molecule has 1 aliphatic rings. The van der Waals surface area contributed by atoms with Gasteiger partial charge >= 0.3 is 0 Å². The van der Waals surface area contributed by atoms with Gasteiger partial charge in [-0.25, -0.2) is 0 Å². The van der Waals surface area contributed by atoms with Crippen molar-refractivity contribution in [3.05, 3.63) is 35.5 Å². The molecule has 2 heterocycles. The average molecular weight is 293 g/mol. The minimum atomic E-state index is -3.34. The van der Waals surface area contributed by atoms with E-state index in [0.29, 0.717) is 13.1 Å². The fourth-order valence-corrected chi connectivity index (χ4v) is 4.01. The van der Waals surface area contributed by atoms with Crippen molar-refractivity contribution in [2.45, 2.75) is 13.0 Å². The summed E-state index contributed by atoms with van der Waals surface area (Å²) in [6, 6.07) is 8.17. The standard InChI is InChI=1S/C14H19N3O2S/c1-15(2)20(18,19)17-9-8-14-12(10-17)11-6-4-5-7-13(11)16(14)3/h4-7H,8-10H2,1-3H3. The Morgan fingerprint density at radius 3 is 2.60 bits per heavy atom. The quantitative estimate of drug-likeness (QED) is 0.839. The van der Waals surface area contributed by atoms with Crippen LogP contribution in [0.15, 0.2) is 24.3 Å². The highest BCUT2D eigenvalue weighted by Gasteiger charge is 2.31. The zero-order valence-corrected chi connectivity index (χ0v) is 12.8. The van der Waals surface area contributed by atoms with Gasteiger partial charge in [-0.15, -0.1) is 0 Å². The van der Waals surface area contributed by atoms with Crippen LogP contribution in [0.2, 0.25) is 0 Å². The molecule has 0 unspecified atom stereocenters. The number of aryl methyl sites for hydroxylation is 1. The normalized spacial score (nSPS) is 16.8. The van der Waals surface area contributed by atoms with Crippen LogP contribution in [0.5, 0.6) is 0 Å². The number of benzene rings is 1. The Hall–Kier alpha value is -1.37. The molecule has 0 amide bonds. The number of nitrogens with zero attached hydrogens (tertiary/aromatic N) is 3. The van der Waals surface area contributed by atoms with Gasteiger partial charge in [0.15, 0.2) is 0 Å². The molecule has 2 aromatic rings. The molecule has 1 aromatic heterocycles. The first-order valence-corrected chi connectivity index (χ1v) is 8.05. The van der Waals surface area contributed by atoms with Crippen LogP contribution in [0.1, 0.15) is 11.3 Å². The van der Waals surface area contributed by atoms with Crippen LogP contribution in [0.3, 0.4) is 0 Å². The van der Waals surface area contributed by atoms with Gasteiger partial charge in [-0.1, -0.05) is 18.2 Å². The smallest absolute Gasteiger partial charge is 0.281 e. The van der Waals surface area contributed by atoms with Gasteiger partial charge in [0, 0.05) is 57.3 Å². The van der Waals surface area contributed by atoms with Gasteiger partial charge in [0.2, 0.25) is 0 Å². The van der Waals surface area contributed by atoms with Crippen molar-refractivity contribution in [1.29, 1.82) is 0 Å². The van der Waals surface area contributed by atoms with Gasteiger partial charge in [-0.3, -0.25) is 0 Å². The molecule has 1 aromatic carbocycles. The summed E-state index contributed by atoms with van der Waals surface area (Å²) in [5, 5.41) is 1.16. The highest BCUT2D eigenvalue weighted by atomic mass is 32.2. The summed E-state index contributed by atoms with van der Waals surface area (Å²) >= 11 is 0. The van der Waals surface area contributed by atoms with Crippen LogP contribution < -0.4 is 0 Å². The Bertz CT molecular complexity index is 762. The molecule has 1 aliphatic heterocycles. The molecule has 0 aliphatic carbocycles. The Morgan fingerprint density at radius 1 is 1.20 bits per heavy atom. The number of hydrogen-bond donors (Lipinski definition) is 0. The van der Waals surface area contributed by atoms with Crippen molar-refractivity contribution in [2.75, 3.05) is 20.6 Å². The molecule has 0 radical (unpaired) electrons. The van der Waals surface area contributed by atoms with Gasteiger partial charge in [0.1, 0.15) is 0 Å². The van der Waals surface area contributed by atoms with E-state index in [4.69, 9.17) is 0 Å². The molecular formula is C14H19N3O2S. The molecule has 0 bridgehead atoms. The van der Waals surface area contributed by atoms with Crippen molar-refractivity contribution < 1.29 is 8.42 Å². The molecule has 20 heavy (non-hydrogen) atoms. The van der Waals surface area contributed by atoms with E-state index in [1.807, 2.05) is 12.1 Å². The monoisotopic (exact) mass is 293 g/mol. The predicted octanol–water partition coefficient (Wildman–Crippen LogP) is 1.34. The van der Waals surface area contributed by atoms with E-state index in [1.54, 1.807) is 18.4 Å². The average Bonchev–Trinajstić information content (AvgIpc) is 2.72. The number of aromatic nitrogens is 1. The zero-order valence-electron chi connectivity index (χ0n) is 12.0. The summed E-state index contributed by atoms with van der Waals surface area (Å²) in [6.07, 6.45) is 0.758. The van der Waals surface area contributed by atoms with Crippen LogP contribution in [-0.2, 0) is 30.2 Å². The lowest BCUT2D eigenvalue weighted by atomic mass is 10.1. The molecular weight excluding hydrogens is 274 g/mol. The van der Waals surface area contributed by atoms with Crippen LogP contribution in [0.4, 0.5) is 0 Å². The zero-order chi connectivity index (χ0) is 14.5. The second-order valence-electron chi connectivity index (χ2n) is 5.38. The van der Waals surface area contributed by atoms with Gasteiger partial charge in [-0.2, -0.15) is 17.0 Å². The molecule has 6 heteroatoms.